The predicted octanol–water partition coefficient (Wildman–Crippen LogP) is 4.11. The summed E-state index contributed by atoms with van der Waals surface area (Å²) < 4.78 is 7.05. The molecule has 1 N–H and O–H groups in total. The number of nitrogens with zero attached hydrogens (tertiary/aromatic N) is 3. The smallest absolute Gasteiger partial charge is 0.315 e. The van der Waals surface area contributed by atoms with Crippen LogP contribution in [0, 0.1) is 13.8 Å². The van der Waals surface area contributed by atoms with Gasteiger partial charge >= 0.3 is 5.97 Å². The summed E-state index contributed by atoms with van der Waals surface area (Å²) in [7, 11) is 0. The number of hydrogen-bond acceptors (Lipinski definition) is 6. The normalized spacial score (nSPS) is 15.0. The molecule has 1 amide bonds. The third kappa shape index (κ3) is 4.69. The summed E-state index contributed by atoms with van der Waals surface area (Å²) in [5.74, 6) is -0.617. The molecule has 1 unspecified atom stereocenters. The molecule has 4 rings (SSSR count). The molecule has 0 fully saturated rings. The lowest BCUT2D eigenvalue weighted by atomic mass is 10.1. The Morgan fingerprint density at radius 1 is 1.26 bits per heavy atom. The quantitative estimate of drug-likeness (QED) is 0.561. The van der Waals surface area contributed by atoms with Crippen LogP contribution in [0.2, 0.25) is 0 Å². The maximum Gasteiger partial charge on any atom is 0.315 e. The van der Waals surface area contributed by atoms with Gasteiger partial charge in [-0.25, -0.2) is 9.67 Å². The van der Waals surface area contributed by atoms with Gasteiger partial charge in [0.2, 0.25) is 5.91 Å². The summed E-state index contributed by atoms with van der Waals surface area (Å²) in [4.78, 5) is 30.1. The van der Waals surface area contributed by atoms with E-state index in [1.807, 2.05) is 48.9 Å². The first-order valence-corrected chi connectivity index (χ1v) is 11.3. The minimum absolute atomic E-state index is 0.0808. The van der Waals surface area contributed by atoms with Crippen molar-refractivity contribution in [3.8, 4) is 5.69 Å². The molecule has 0 aliphatic heterocycles. The van der Waals surface area contributed by atoms with Gasteiger partial charge in [-0.05, 0) is 63.8 Å². The van der Waals surface area contributed by atoms with E-state index in [4.69, 9.17) is 4.74 Å². The Bertz CT molecular complexity index is 1100. The summed E-state index contributed by atoms with van der Waals surface area (Å²) in [6, 6.07) is 10.1. The van der Waals surface area contributed by atoms with Gasteiger partial charge in [-0.1, -0.05) is 12.1 Å². The molecular weight excluding hydrogens is 412 g/mol. The molecule has 7 nitrogen and oxygen atoms in total. The molecule has 1 aromatic carbocycles. The van der Waals surface area contributed by atoms with Crippen LogP contribution in [0.1, 0.15) is 53.2 Å². The first-order valence-electron chi connectivity index (χ1n) is 10.5. The SMILES string of the molecule is CCOC(=O)C1CCc2sc(NC(=O)CCc3ccc(-n4nc(C)cc4C)cc3)nc21. The topological polar surface area (TPSA) is 86.1 Å². The van der Waals surface area contributed by atoms with Gasteiger partial charge in [0.25, 0.3) is 0 Å². The van der Waals surface area contributed by atoms with E-state index in [-0.39, 0.29) is 17.8 Å². The molecule has 2 heterocycles. The molecule has 162 valence electrons. The van der Waals surface area contributed by atoms with Crippen molar-refractivity contribution < 1.29 is 14.3 Å². The lowest BCUT2D eigenvalue weighted by molar-refractivity contribution is -0.145. The van der Waals surface area contributed by atoms with Crippen LogP contribution < -0.4 is 5.32 Å². The van der Waals surface area contributed by atoms with Gasteiger partial charge in [0.1, 0.15) is 5.92 Å². The third-order valence-corrected chi connectivity index (χ3v) is 6.41. The van der Waals surface area contributed by atoms with Crippen molar-refractivity contribution in [3.05, 3.63) is 57.9 Å². The summed E-state index contributed by atoms with van der Waals surface area (Å²) in [6.07, 6.45) is 2.54. The second-order valence-corrected chi connectivity index (χ2v) is 8.81. The number of nitrogens with one attached hydrogen (secondary N) is 1. The highest BCUT2D eigenvalue weighted by Gasteiger charge is 2.33. The molecule has 8 heteroatoms. The second kappa shape index (κ2) is 9.01. The molecule has 0 saturated heterocycles. The van der Waals surface area contributed by atoms with Gasteiger partial charge in [0.05, 0.1) is 23.7 Å². The first-order chi connectivity index (χ1) is 14.9. The lowest BCUT2D eigenvalue weighted by Crippen LogP contribution is -2.15. The average Bonchev–Trinajstić information content (AvgIpc) is 3.40. The van der Waals surface area contributed by atoms with E-state index >= 15 is 0 Å². The zero-order chi connectivity index (χ0) is 22.0. The van der Waals surface area contributed by atoms with E-state index in [0.717, 1.165) is 46.1 Å². The number of ether oxygens (including phenoxy) is 1. The number of aryl methyl sites for hydroxylation is 4. The molecule has 31 heavy (non-hydrogen) atoms. The Morgan fingerprint density at radius 3 is 2.71 bits per heavy atom. The molecule has 1 atom stereocenters. The number of amides is 1. The Morgan fingerprint density at radius 2 is 2.03 bits per heavy atom. The number of thiazole rings is 1. The zero-order valence-electron chi connectivity index (χ0n) is 18.0. The Balaban J connectivity index is 1.32. The van der Waals surface area contributed by atoms with Crippen molar-refractivity contribution in [1.29, 1.82) is 0 Å². The minimum Gasteiger partial charge on any atom is -0.465 e. The third-order valence-electron chi connectivity index (χ3n) is 5.37. The predicted molar refractivity (Wildman–Crippen MR) is 120 cm³/mol. The fourth-order valence-electron chi connectivity index (χ4n) is 3.89. The number of hydrogen-bond donors (Lipinski definition) is 1. The van der Waals surface area contributed by atoms with Crippen LogP contribution in [0.4, 0.5) is 5.13 Å². The van der Waals surface area contributed by atoms with E-state index in [1.54, 1.807) is 6.92 Å². The van der Waals surface area contributed by atoms with Gasteiger partial charge in [0.15, 0.2) is 5.13 Å². The maximum absolute atomic E-state index is 12.4. The number of aromatic nitrogens is 3. The summed E-state index contributed by atoms with van der Waals surface area (Å²) >= 11 is 1.45. The highest BCUT2D eigenvalue weighted by molar-refractivity contribution is 7.16. The Hall–Kier alpha value is -3.00. The number of anilines is 1. The highest BCUT2D eigenvalue weighted by atomic mass is 32.1. The summed E-state index contributed by atoms with van der Waals surface area (Å²) in [5.41, 5.74) is 4.93. The molecule has 3 aromatic rings. The van der Waals surface area contributed by atoms with Gasteiger partial charge in [-0.15, -0.1) is 11.3 Å². The minimum atomic E-state index is -0.308. The van der Waals surface area contributed by atoms with Crippen LogP contribution in [-0.2, 0) is 27.2 Å². The molecule has 2 aromatic heterocycles. The van der Waals surface area contributed by atoms with Crippen molar-refractivity contribution in [2.75, 3.05) is 11.9 Å². The average molecular weight is 439 g/mol. The number of rotatable bonds is 7. The van der Waals surface area contributed by atoms with Gasteiger partial charge < -0.3 is 10.1 Å². The Labute approximate surface area is 185 Å². The molecule has 0 spiro atoms. The number of benzene rings is 1. The number of esters is 1. The van der Waals surface area contributed by atoms with Crippen molar-refractivity contribution in [1.82, 2.24) is 14.8 Å². The van der Waals surface area contributed by atoms with E-state index in [1.165, 1.54) is 11.3 Å². The van der Waals surface area contributed by atoms with Crippen molar-refractivity contribution in [2.45, 2.75) is 52.4 Å². The number of carbonyl (C=O) groups is 2. The van der Waals surface area contributed by atoms with Gasteiger partial charge in [0, 0.05) is 17.0 Å². The summed E-state index contributed by atoms with van der Waals surface area (Å²) in [6.45, 7) is 6.17. The molecular formula is C23H26N4O3S. The van der Waals surface area contributed by atoms with Crippen molar-refractivity contribution in [2.24, 2.45) is 0 Å². The van der Waals surface area contributed by atoms with Crippen LogP contribution in [0.5, 0.6) is 0 Å². The largest absolute Gasteiger partial charge is 0.465 e. The first kappa shape index (κ1) is 21.2. The van der Waals surface area contributed by atoms with Crippen LogP contribution >= 0.6 is 11.3 Å². The van der Waals surface area contributed by atoms with E-state index in [9.17, 15) is 9.59 Å². The molecule has 1 aliphatic carbocycles. The number of fused-ring (bicyclic) bond motifs is 1. The van der Waals surface area contributed by atoms with E-state index < -0.39 is 0 Å². The fraction of sp³-hybridized carbons (Fsp3) is 0.391. The molecule has 1 aliphatic rings. The van der Waals surface area contributed by atoms with Crippen LogP contribution in [-0.4, -0.2) is 33.2 Å². The van der Waals surface area contributed by atoms with Crippen molar-refractivity contribution in [3.63, 3.8) is 0 Å². The highest BCUT2D eigenvalue weighted by Crippen LogP contribution is 2.39. The van der Waals surface area contributed by atoms with Gasteiger partial charge in [-0.2, -0.15) is 5.10 Å². The summed E-state index contributed by atoms with van der Waals surface area (Å²) in [5, 5.41) is 7.94. The van der Waals surface area contributed by atoms with Crippen LogP contribution in [0.15, 0.2) is 30.3 Å². The van der Waals surface area contributed by atoms with Crippen molar-refractivity contribution >= 4 is 28.3 Å². The Kier molecular flexibility index (Phi) is 6.18. The van der Waals surface area contributed by atoms with Crippen LogP contribution in [0.3, 0.4) is 0 Å². The molecule has 0 saturated carbocycles. The lowest BCUT2D eigenvalue weighted by Gasteiger charge is -2.08. The van der Waals surface area contributed by atoms with Crippen LogP contribution in [0.25, 0.3) is 5.69 Å². The molecule has 0 bridgehead atoms. The maximum atomic E-state index is 12.4. The standard InChI is InChI=1S/C23H26N4O3S/c1-4-30-22(29)18-10-11-19-21(18)25-23(31-19)24-20(28)12-7-16-5-8-17(9-6-16)27-15(3)13-14(2)26-27/h5-6,8-9,13,18H,4,7,10-12H2,1-3H3,(H,24,25,28). The van der Waals surface area contributed by atoms with Gasteiger partial charge in [-0.3, -0.25) is 9.59 Å². The monoisotopic (exact) mass is 438 g/mol. The van der Waals surface area contributed by atoms with E-state index in [2.05, 4.69) is 15.4 Å². The second-order valence-electron chi connectivity index (χ2n) is 7.72. The number of carbonyl (C=O) groups excluding carboxylic acids is 2. The zero-order valence-corrected chi connectivity index (χ0v) is 18.8. The fourth-order valence-corrected chi connectivity index (χ4v) is 4.94. The molecule has 0 radical (unpaired) electrons. The van der Waals surface area contributed by atoms with E-state index in [0.29, 0.717) is 24.6 Å².